The van der Waals surface area contributed by atoms with E-state index in [2.05, 4.69) is 21.1 Å². The van der Waals surface area contributed by atoms with Gasteiger partial charge >= 0.3 is 0 Å². The van der Waals surface area contributed by atoms with Crippen LogP contribution < -0.4 is 15.2 Å². The molecule has 2 N–H and O–H groups in total. The molecular formula is C10H7BrN2O3. The first-order chi connectivity index (χ1) is 7.77. The minimum Gasteiger partial charge on any atom is -0.454 e. The largest absolute Gasteiger partial charge is 0.454 e. The zero-order valence-corrected chi connectivity index (χ0v) is 9.65. The number of halogens is 1. The number of fused-ring (bicyclic) bond motifs is 1. The van der Waals surface area contributed by atoms with Gasteiger partial charge in [-0.05, 0) is 12.1 Å². The number of rotatable bonds is 1. The van der Waals surface area contributed by atoms with Gasteiger partial charge in [-0.25, -0.2) is 0 Å². The van der Waals surface area contributed by atoms with Crippen LogP contribution in [0.25, 0.3) is 11.1 Å². The van der Waals surface area contributed by atoms with Crippen molar-refractivity contribution in [2.24, 2.45) is 0 Å². The molecule has 0 saturated carbocycles. The Hall–Kier alpha value is -1.69. The summed E-state index contributed by atoms with van der Waals surface area (Å²) in [6, 6.07) is 3.70. The first-order valence-corrected chi connectivity index (χ1v) is 5.35. The van der Waals surface area contributed by atoms with E-state index in [1.165, 1.54) is 0 Å². The Balaban J connectivity index is 2.28. The maximum atomic E-state index is 5.69. The number of nitrogens with two attached hydrogens (primary N) is 1. The van der Waals surface area contributed by atoms with Crippen molar-refractivity contribution in [2.75, 3.05) is 12.5 Å². The van der Waals surface area contributed by atoms with E-state index in [4.69, 9.17) is 19.7 Å². The lowest BCUT2D eigenvalue weighted by Gasteiger charge is -2.06. The number of hydrogen-bond donors (Lipinski definition) is 1. The second-order valence-electron chi connectivity index (χ2n) is 3.26. The van der Waals surface area contributed by atoms with Crippen LogP contribution in [0.4, 0.5) is 5.88 Å². The average molecular weight is 283 g/mol. The molecule has 82 valence electrons. The molecule has 0 bridgehead atoms. The molecule has 2 heterocycles. The molecule has 0 amide bonds. The minimum atomic E-state index is 0.212. The number of benzene rings is 1. The summed E-state index contributed by atoms with van der Waals surface area (Å²) in [7, 11) is 0. The molecule has 1 aliphatic rings. The Morgan fingerprint density at radius 3 is 2.94 bits per heavy atom. The number of anilines is 1. The quantitative estimate of drug-likeness (QED) is 0.870. The van der Waals surface area contributed by atoms with E-state index in [1.54, 1.807) is 6.20 Å². The van der Waals surface area contributed by atoms with Crippen molar-refractivity contribution in [3.63, 3.8) is 0 Å². The zero-order chi connectivity index (χ0) is 11.1. The normalized spacial score (nSPS) is 13.1. The summed E-state index contributed by atoms with van der Waals surface area (Å²) in [5, 5.41) is 3.65. The monoisotopic (exact) mass is 282 g/mol. The van der Waals surface area contributed by atoms with E-state index >= 15 is 0 Å². The SMILES string of the molecule is Nc1oncc1-c1c(Br)ccc2c1OCO2. The zero-order valence-electron chi connectivity index (χ0n) is 8.07. The molecule has 0 aliphatic carbocycles. The van der Waals surface area contributed by atoms with Crippen LogP contribution in [0.5, 0.6) is 11.5 Å². The molecule has 0 saturated heterocycles. The number of ether oxygens (including phenoxy) is 2. The maximum absolute atomic E-state index is 5.69. The summed E-state index contributed by atoms with van der Waals surface area (Å²) < 4.78 is 16.4. The predicted octanol–water partition coefficient (Wildman–Crippen LogP) is 2.42. The lowest BCUT2D eigenvalue weighted by atomic mass is 10.1. The van der Waals surface area contributed by atoms with Gasteiger partial charge in [0.15, 0.2) is 11.5 Å². The van der Waals surface area contributed by atoms with E-state index < -0.39 is 0 Å². The molecule has 16 heavy (non-hydrogen) atoms. The van der Waals surface area contributed by atoms with Crippen molar-refractivity contribution in [3.8, 4) is 22.6 Å². The lowest BCUT2D eigenvalue weighted by molar-refractivity contribution is 0.174. The molecule has 2 aromatic rings. The Kier molecular flexibility index (Phi) is 2.03. The first-order valence-electron chi connectivity index (χ1n) is 4.56. The summed E-state index contributed by atoms with van der Waals surface area (Å²) in [4.78, 5) is 0. The van der Waals surface area contributed by atoms with Crippen LogP contribution in [0.1, 0.15) is 0 Å². The van der Waals surface area contributed by atoms with Crippen LogP contribution in [-0.4, -0.2) is 11.9 Å². The molecule has 1 aromatic heterocycles. The van der Waals surface area contributed by atoms with Gasteiger partial charge in [0.05, 0.1) is 11.8 Å². The molecule has 1 aliphatic heterocycles. The molecule has 0 atom stereocenters. The smallest absolute Gasteiger partial charge is 0.231 e. The topological polar surface area (TPSA) is 70.5 Å². The lowest BCUT2D eigenvalue weighted by Crippen LogP contribution is -1.94. The minimum absolute atomic E-state index is 0.212. The van der Waals surface area contributed by atoms with Gasteiger partial charge in [-0.15, -0.1) is 0 Å². The van der Waals surface area contributed by atoms with Crippen LogP contribution >= 0.6 is 15.9 Å². The fourth-order valence-electron chi connectivity index (χ4n) is 1.64. The standard InChI is InChI=1S/C10H7BrN2O3/c11-6-1-2-7-9(15-4-14-7)8(6)5-3-13-16-10(5)12/h1-3H,4,12H2. The van der Waals surface area contributed by atoms with Crippen molar-refractivity contribution in [2.45, 2.75) is 0 Å². The van der Waals surface area contributed by atoms with Crippen LogP contribution in [0.3, 0.4) is 0 Å². The summed E-state index contributed by atoms with van der Waals surface area (Å²) in [5.41, 5.74) is 7.18. The van der Waals surface area contributed by atoms with E-state index in [0.717, 1.165) is 10.0 Å². The molecule has 3 rings (SSSR count). The van der Waals surface area contributed by atoms with Gasteiger partial charge in [0.2, 0.25) is 12.7 Å². The maximum Gasteiger partial charge on any atom is 0.231 e. The van der Waals surface area contributed by atoms with Gasteiger partial charge in [0.25, 0.3) is 0 Å². The van der Waals surface area contributed by atoms with E-state index in [1.807, 2.05) is 12.1 Å². The number of hydrogen-bond acceptors (Lipinski definition) is 5. The molecule has 0 unspecified atom stereocenters. The van der Waals surface area contributed by atoms with Gasteiger partial charge < -0.3 is 19.7 Å². The summed E-state index contributed by atoms with van der Waals surface area (Å²) in [6.45, 7) is 0.212. The van der Waals surface area contributed by atoms with Crippen LogP contribution in [-0.2, 0) is 0 Å². The Morgan fingerprint density at radius 2 is 2.19 bits per heavy atom. The third kappa shape index (κ3) is 1.26. The molecule has 0 fully saturated rings. The fourth-order valence-corrected chi connectivity index (χ4v) is 2.16. The van der Waals surface area contributed by atoms with Crippen LogP contribution in [0.2, 0.25) is 0 Å². The van der Waals surface area contributed by atoms with Crippen molar-refractivity contribution in [3.05, 3.63) is 22.8 Å². The van der Waals surface area contributed by atoms with Crippen LogP contribution in [0, 0.1) is 0 Å². The highest BCUT2D eigenvalue weighted by Gasteiger charge is 2.23. The highest BCUT2D eigenvalue weighted by atomic mass is 79.9. The second-order valence-corrected chi connectivity index (χ2v) is 4.11. The van der Waals surface area contributed by atoms with Crippen LogP contribution in [0.15, 0.2) is 27.3 Å². The van der Waals surface area contributed by atoms with E-state index in [-0.39, 0.29) is 12.7 Å². The highest BCUT2D eigenvalue weighted by molar-refractivity contribution is 9.10. The van der Waals surface area contributed by atoms with Gasteiger partial charge in [-0.2, -0.15) is 0 Å². The second kappa shape index (κ2) is 3.41. The van der Waals surface area contributed by atoms with Crippen molar-refractivity contribution < 1.29 is 14.0 Å². The number of aromatic nitrogens is 1. The van der Waals surface area contributed by atoms with Gasteiger partial charge in [-0.3, -0.25) is 0 Å². The highest BCUT2D eigenvalue weighted by Crippen LogP contribution is 2.46. The summed E-state index contributed by atoms with van der Waals surface area (Å²) >= 11 is 3.44. The average Bonchev–Trinajstić information content (AvgIpc) is 2.87. The molecule has 6 heteroatoms. The van der Waals surface area contributed by atoms with Gasteiger partial charge in [-0.1, -0.05) is 21.1 Å². The van der Waals surface area contributed by atoms with E-state index in [0.29, 0.717) is 17.1 Å². The number of nitrogen functional groups attached to an aromatic ring is 1. The third-order valence-electron chi connectivity index (χ3n) is 2.36. The van der Waals surface area contributed by atoms with E-state index in [9.17, 15) is 0 Å². The molecule has 0 radical (unpaired) electrons. The summed E-state index contributed by atoms with van der Waals surface area (Å²) in [5.74, 6) is 1.60. The molecular weight excluding hydrogens is 276 g/mol. The Labute approximate surface area is 99.2 Å². The molecule has 5 nitrogen and oxygen atoms in total. The van der Waals surface area contributed by atoms with Crippen molar-refractivity contribution >= 4 is 21.8 Å². The fraction of sp³-hybridized carbons (Fsp3) is 0.100. The third-order valence-corrected chi connectivity index (χ3v) is 3.02. The van der Waals surface area contributed by atoms with Gasteiger partial charge in [0, 0.05) is 10.0 Å². The Morgan fingerprint density at radius 1 is 1.31 bits per heavy atom. The first kappa shape index (κ1) is 9.53. The predicted molar refractivity (Wildman–Crippen MR) is 60.2 cm³/mol. The molecule has 0 spiro atoms. The van der Waals surface area contributed by atoms with Crippen molar-refractivity contribution in [1.29, 1.82) is 0 Å². The molecule has 1 aromatic carbocycles. The van der Waals surface area contributed by atoms with Crippen molar-refractivity contribution in [1.82, 2.24) is 5.16 Å². The Bertz CT molecular complexity index is 553. The summed E-state index contributed by atoms with van der Waals surface area (Å²) in [6.07, 6.45) is 1.55. The number of nitrogens with zero attached hydrogens (tertiary/aromatic N) is 1. The van der Waals surface area contributed by atoms with Gasteiger partial charge in [0.1, 0.15) is 0 Å².